The fourth-order valence-corrected chi connectivity index (χ4v) is 5.25. The molecule has 160 valence electrons. The average Bonchev–Trinajstić information content (AvgIpc) is 3.25. The maximum atomic E-state index is 10.6. The van der Waals surface area contributed by atoms with Crippen LogP contribution in [0.5, 0.6) is 0 Å². The molecule has 1 aromatic heterocycles. The van der Waals surface area contributed by atoms with Gasteiger partial charge >= 0.3 is 5.97 Å². The van der Waals surface area contributed by atoms with E-state index < -0.39 is 24.3 Å². The summed E-state index contributed by atoms with van der Waals surface area (Å²) in [6, 6.07) is 5.83. The number of nitrogens with zero attached hydrogens (tertiary/aromatic N) is 1. The zero-order valence-electron chi connectivity index (χ0n) is 16.6. The highest BCUT2D eigenvalue weighted by Gasteiger charge is 2.40. The third kappa shape index (κ3) is 5.98. The molecule has 6 nitrogen and oxygen atoms in total. The summed E-state index contributed by atoms with van der Waals surface area (Å²) in [5, 5.41) is 40.1. The number of rotatable bonds is 11. The Morgan fingerprint density at radius 1 is 1.10 bits per heavy atom. The van der Waals surface area contributed by atoms with Gasteiger partial charge in [-0.25, -0.2) is 4.98 Å². The van der Waals surface area contributed by atoms with Crippen molar-refractivity contribution in [1.82, 2.24) is 4.98 Å². The predicted octanol–water partition coefficient (Wildman–Crippen LogP) is 3.89. The molecular formula is C22H31NO5S. The van der Waals surface area contributed by atoms with Crippen molar-refractivity contribution in [3.05, 3.63) is 29.3 Å². The second-order valence-electron chi connectivity index (χ2n) is 8.22. The van der Waals surface area contributed by atoms with Crippen molar-refractivity contribution in [2.45, 2.75) is 76.1 Å². The molecular weight excluding hydrogens is 390 g/mol. The maximum Gasteiger partial charge on any atom is 0.303 e. The Hall–Kier alpha value is -1.54. The molecule has 1 aliphatic carbocycles. The Morgan fingerprint density at radius 3 is 2.59 bits per heavy atom. The quantitative estimate of drug-likeness (QED) is 0.410. The number of hydrogen-bond acceptors (Lipinski definition) is 6. The number of hydrogen-bond donors (Lipinski definition) is 4. The van der Waals surface area contributed by atoms with Crippen LogP contribution in [-0.2, 0) is 4.79 Å². The van der Waals surface area contributed by atoms with Crippen molar-refractivity contribution in [3.63, 3.8) is 0 Å². The summed E-state index contributed by atoms with van der Waals surface area (Å²) in [7, 11) is 0. The molecule has 1 aromatic carbocycles. The lowest BCUT2D eigenvalue weighted by Crippen LogP contribution is -2.23. The minimum Gasteiger partial charge on any atom is -0.481 e. The van der Waals surface area contributed by atoms with Gasteiger partial charge in [0, 0.05) is 6.42 Å². The highest BCUT2D eigenvalue weighted by molar-refractivity contribution is 7.16. The summed E-state index contributed by atoms with van der Waals surface area (Å²) < 4.78 is 1.10. The minimum atomic E-state index is -0.758. The van der Waals surface area contributed by atoms with Crippen molar-refractivity contribution in [2.24, 2.45) is 11.8 Å². The predicted molar refractivity (Wildman–Crippen MR) is 113 cm³/mol. The summed E-state index contributed by atoms with van der Waals surface area (Å²) in [5.74, 6) is -0.730. The number of aliphatic hydroxyl groups excluding tert-OH is 3. The zero-order chi connectivity index (χ0) is 20.8. The van der Waals surface area contributed by atoms with Gasteiger partial charge in [0.05, 0.1) is 34.0 Å². The molecule has 29 heavy (non-hydrogen) atoms. The number of benzene rings is 1. The van der Waals surface area contributed by atoms with Gasteiger partial charge in [-0.15, -0.1) is 11.3 Å². The molecule has 1 fully saturated rings. The summed E-state index contributed by atoms with van der Waals surface area (Å²) >= 11 is 1.57. The van der Waals surface area contributed by atoms with Gasteiger partial charge in [0.15, 0.2) is 0 Å². The molecule has 7 heteroatoms. The van der Waals surface area contributed by atoms with Gasteiger partial charge in [0.1, 0.15) is 0 Å². The van der Waals surface area contributed by atoms with E-state index >= 15 is 0 Å². The Morgan fingerprint density at radius 2 is 1.83 bits per heavy atom. The summed E-state index contributed by atoms with van der Waals surface area (Å²) in [5.41, 5.74) is 3.53. The van der Waals surface area contributed by atoms with Gasteiger partial charge in [-0.05, 0) is 61.6 Å². The first-order valence-corrected chi connectivity index (χ1v) is 11.4. The van der Waals surface area contributed by atoms with Crippen LogP contribution in [0, 0.1) is 11.8 Å². The molecule has 0 bridgehead atoms. The van der Waals surface area contributed by atoms with Crippen LogP contribution in [0.4, 0.5) is 0 Å². The van der Waals surface area contributed by atoms with Gasteiger partial charge in [-0.3, -0.25) is 4.79 Å². The highest BCUT2D eigenvalue weighted by Crippen LogP contribution is 2.40. The molecule has 1 heterocycles. The largest absolute Gasteiger partial charge is 0.481 e. The molecule has 1 saturated carbocycles. The van der Waals surface area contributed by atoms with Crippen LogP contribution in [0.3, 0.4) is 0 Å². The fourth-order valence-electron chi connectivity index (χ4n) is 4.59. The van der Waals surface area contributed by atoms with E-state index in [-0.39, 0.29) is 18.3 Å². The topological polar surface area (TPSA) is 111 Å². The first-order chi connectivity index (χ1) is 14.0. The number of thiazole rings is 1. The molecule has 0 aliphatic heterocycles. The summed E-state index contributed by atoms with van der Waals surface area (Å²) in [6.45, 7) is 0. The first-order valence-electron chi connectivity index (χ1n) is 10.5. The van der Waals surface area contributed by atoms with Gasteiger partial charge in [-0.2, -0.15) is 0 Å². The van der Waals surface area contributed by atoms with Crippen molar-refractivity contribution in [3.8, 4) is 0 Å². The van der Waals surface area contributed by atoms with Crippen LogP contribution in [0.15, 0.2) is 23.7 Å². The fraction of sp³-hybridized carbons (Fsp3) is 0.636. The van der Waals surface area contributed by atoms with E-state index in [1.54, 1.807) is 16.8 Å². The van der Waals surface area contributed by atoms with E-state index in [0.717, 1.165) is 41.5 Å². The molecule has 1 aliphatic rings. The molecule has 0 spiro atoms. The first kappa shape index (κ1) is 22.2. The van der Waals surface area contributed by atoms with Crippen LogP contribution >= 0.6 is 11.3 Å². The number of unbranched alkanes of at least 4 members (excludes halogenated alkanes) is 3. The van der Waals surface area contributed by atoms with Gasteiger partial charge in [-0.1, -0.05) is 25.3 Å². The van der Waals surface area contributed by atoms with Gasteiger partial charge < -0.3 is 20.4 Å². The van der Waals surface area contributed by atoms with Crippen molar-refractivity contribution >= 4 is 27.5 Å². The number of fused-ring (bicyclic) bond motifs is 1. The van der Waals surface area contributed by atoms with Crippen molar-refractivity contribution in [2.75, 3.05) is 0 Å². The standard InChI is InChI=1S/C22H31NO5S/c24-18(14-7-10-21-17(11-14)23-13-29-21)9-8-16-15(19(25)12-20(16)26)5-3-1-2-4-6-22(27)28/h7,10-11,13,15-16,18-20,24-26H,1-6,8-9,12H2,(H,27,28). The van der Waals surface area contributed by atoms with Crippen LogP contribution in [-0.4, -0.2) is 43.6 Å². The second kappa shape index (κ2) is 10.5. The molecule has 4 N–H and O–H groups in total. The lowest BCUT2D eigenvalue weighted by molar-refractivity contribution is -0.137. The van der Waals surface area contributed by atoms with Crippen LogP contribution < -0.4 is 0 Å². The Labute approximate surface area is 175 Å². The molecule has 0 radical (unpaired) electrons. The summed E-state index contributed by atoms with van der Waals surface area (Å²) in [6.07, 6.45) is 4.42. The number of aliphatic carboxylic acids is 1. The van der Waals surface area contributed by atoms with Crippen LogP contribution in [0.1, 0.15) is 69.5 Å². The normalized spacial score (nSPS) is 25.5. The van der Waals surface area contributed by atoms with E-state index in [1.165, 1.54) is 0 Å². The molecule has 2 aromatic rings. The third-order valence-corrected chi connectivity index (χ3v) is 7.02. The number of carboxylic acids is 1. The van der Waals surface area contributed by atoms with E-state index in [9.17, 15) is 20.1 Å². The molecule has 5 atom stereocenters. The second-order valence-corrected chi connectivity index (χ2v) is 9.10. The van der Waals surface area contributed by atoms with Gasteiger partial charge in [0.25, 0.3) is 0 Å². The molecule has 3 rings (SSSR count). The monoisotopic (exact) mass is 421 g/mol. The van der Waals surface area contributed by atoms with Crippen LogP contribution in [0.2, 0.25) is 0 Å². The third-order valence-electron chi connectivity index (χ3n) is 6.21. The summed E-state index contributed by atoms with van der Waals surface area (Å²) in [4.78, 5) is 14.9. The Balaban J connectivity index is 1.48. The van der Waals surface area contributed by atoms with E-state index in [2.05, 4.69) is 4.98 Å². The molecule has 0 amide bonds. The van der Waals surface area contributed by atoms with Crippen molar-refractivity contribution in [1.29, 1.82) is 0 Å². The molecule has 5 unspecified atom stereocenters. The highest BCUT2D eigenvalue weighted by atomic mass is 32.1. The van der Waals surface area contributed by atoms with Gasteiger partial charge in [0.2, 0.25) is 0 Å². The number of aromatic nitrogens is 1. The number of carboxylic acid groups (broad SMARTS) is 1. The van der Waals surface area contributed by atoms with E-state index in [1.807, 2.05) is 18.2 Å². The van der Waals surface area contributed by atoms with E-state index in [4.69, 9.17) is 5.11 Å². The Kier molecular flexibility index (Phi) is 8.00. The number of carbonyl (C=O) groups is 1. The van der Waals surface area contributed by atoms with Crippen LogP contribution in [0.25, 0.3) is 10.2 Å². The maximum absolute atomic E-state index is 10.6. The lowest BCUT2D eigenvalue weighted by atomic mass is 9.84. The van der Waals surface area contributed by atoms with E-state index in [0.29, 0.717) is 25.7 Å². The minimum absolute atomic E-state index is 0.0123. The van der Waals surface area contributed by atoms with Crippen molar-refractivity contribution < 1.29 is 25.2 Å². The lowest BCUT2D eigenvalue weighted by Gasteiger charge is -2.24. The number of aliphatic hydroxyl groups is 3. The Bertz CT molecular complexity index is 794. The average molecular weight is 422 g/mol. The smallest absolute Gasteiger partial charge is 0.303 e. The molecule has 0 saturated heterocycles. The SMILES string of the molecule is O=C(O)CCCCCCC1C(O)CC(O)C1CCC(O)c1ccc2scnc2c1. The zero-order valence-corrected chi connectivity index (χ0v) is 17.4.